The molecular weight excluding hydrogens is 376 g/mol. The van der Waals surface area contributed by atoms with Crippen molar-refractivity contribution in [3.8, 4) is 0 Å². The zero-order valence-corrected chi connectivity index (χ0v) is 17.0. The molecule has 1 amide bonds. The summed E-state index contributed by atoms with van der Waals surface area (Å²) in [6.07, 6.45) is 0. The highest BCUT2D eigenvalue weighted by molar-refractivity contribution is 7.89. The fourth-order valence-electron chi connectivity index (χ4n) is 3.17. The minimum Gasteiger partial charge on any atom is -0.368 e. The summed E-state index contributed by atoms with van der Waals surface area (Å²) in [7, 11) is -0.275. The standard InChI is InChI=1S/C20H26N4O3S/c1-21-28(26,27)19-14-17(20(25)22-15-16-6-4-3-5-7-16)8-9-18(19)24-12-10-23(2)11-13-24/h3-9,14,21H,10-13,15H2,1-2H3,(H,22,25). The lowest BCUT2D eigenvalue weighted by atomic mass is 10.1. The van der Waals surface area contributed by atoms with Crippen LogP contribution in [0.1, 0.15) is 15.9 Å². The lowest BCUT2D eigenvalue weighted by molar-refractivity contribution is 0.0950. The molecule has 150 valence electrons. The van der Waals surface area contributed by atoms with Gasteiger partial charge in [-0.25, -0.2) is 13.1 Å². The molecule has 2 aromatic rings. The van der Waals surface area contributed by atoms with E-state index in [9.17, 15) is 13.2 Å². The first-order chi connectivity index (χ1) is 13.4. The van der Waals surface area contributed by atoms with Crippen LogP contribution >= 0.6 is 0 Å². The van der Waals surface area contributed by atoms with Crippen LogP contribution in [0.25, 0.3) is 0 Å². The molecule has 0 atom stereocenters. The van der Waals surface area contributed by atoms with Gasteiger partial charge in [-0.2, -0.15) is 0 Å². The number of carbonyl (C=O) groups excluding carboxylic acids is 1. The lowest BCUT2D eigenvalue weighted by Crippen LogP contribution is -2.45. The fraction of sp³-hybridized carbons (Fsp3) is 0.350. The average Bonchev–Trinajstić information content (AvgIpc) is 2.73. The molecule has 3 rings (SSSR count). The van der Waals surface area contributed by atoms with Crippen molar-refractivity contribution in [2.24, 2.45) is 0 Å². The topological polar surface area (TPSA) is 81.7 Å². The van der Waals surface area contributed by atoms with Crippen molar-refractivity contribution in [2.45, 2.75) is 11.4 Å². The Hall–Kier alpha value is -2.42. The molecule has 2 aromatic carbocycles. The number of hydrogen-bond acceptors (Lipinski definition) is 5. The molecule has 1 aliphatic heterocycles. The zero-order valence-electron chi connectivity index (χ0n) is 16.2. The van der Waals surface area contributed by atoms with Crippen molar-refractivity contribution < 1.29 is 13.2 Å². The van der Waals surface area contributed by atoms with Crippen LogP contribution in [0.3, 0.4) is 0 Å². The van der Waals surface area contributed by atoms with Gasteiger partial charge in [0.15, 0.2) is 0 Å². The second-order valence-electron chi connectivity index (χ2n) is 6.85. The zero-order chi connectivity index (χ0) is 20.1. The van der Waals surface area contributed by atoms with E-state index in [4.69, 9.17) is 0 Å². The van der Waals surface area contributed by atoms with Crippen LogP contribution < -0.4 is 14.9 Å². The maximum absolute atomic E-state index is 12.6. The highest BCUT2D eigenvalue weighted by Crippen LogP contribution is 2.27. The average molecular weight is 403 g/mol. The summed E-state index contributed by atoms with van der Waals surface area (Å²) < 4.78 is 27.6. The summed E-state index contributed by atoms with van der Waals surface area (Å²) in [4.78, 5) is 17.0. The number of carbonyl (C=O) groups is 1. The molecule has 28 heavy (non-hydrogen) atoms. The van der Waals surface area contributed by atoms with Gasteiger partial charge in [0.25, 0.3) is 5.91 Å². The monoisotopic (exact) mass is 402 g/mol. The molecular formula is C20H26N4O3S. The van der Waals surface area contributed by atoms with Crippen molar-refractivity contribution in [1.29, 1.82) is 0 Å². The normalized spacial score (nSPS) is 15.4. The molecule has 7 nitrogen and oxygen atoms in total. The number of nitrogens with one attached hydrogen (secondary N) is 2. The minimum atomic E-state index is -3.70. The number of piperazine rings is 1. The Labute approximate surface area is 166 Å². The molecule has 1 fully saturated rings. The van der Waals surface area contributed by atoms with Gasteiger partial charge in [0, 0.05) is 38.3 Å². The Morgan fingerprint density at radius 1 is 1.04 bits per heavy atom. The summed E-state index contributed by atoms with van der Waals surface area (Å²) in [5.41, 5.74) is 1.93. The number of hydrogen-bond donors (Lipinski definition) is 2. The highest BCUT2D eigenvalue weighted by Gasteiger charge is 2.24. The molecule has 0 aromatic heterocycles. The molecule has 1 heterocycles. The van der Waals surface area contributed by atoms with Gasteiger partial charge in [-0.05, 0) is 37.9 Å². The number of likely N-dealkylation sites (N-methyl/N-ethyl adjacent to an activating group) is 1. The summed E-state index contributed by atoms with van der Waals surface area (Å²) in [5.74, 6) is -0.304. The van der Waals surface area contributed by atoms with Crippen LogP contribution in [0.15, 0.2) is 53.4 Å². The molecule has 1 saturated heterocycles. The summed E-state index contributed by atoms with van der Waals surface area (Å²) in [6, 6.07) is 14.4. The predicted molar refractivity (Wildman–Crippen MR) is 110 cm³/mol. The first-order valence-corrected chi connectivity index (χ1v) is 10.7. The van der Waals surface area contributed by atoms with E-state index in [1.54, 1.807) is 12.1 Å². The van der Waals surface area contributed by atoms with Crippen molar-refractivity contribution >= 4 is 21.6 Å². The summed E-state index contributed by atoms with van der Waals surface area (Å²) in [5, 5.41) is 2.84. The van der Waals surface area contributed by atoms with Crippen molar-refractivity contribution in [3.05, 3.63) is 59.7 Å². The molecule has 8 heteroatoms. The van der Waals surface area contributed by atoms with Crippen LogP contribution in [0.4, 0.5) is 5.69 Å². The molecule has 0 spiro atoms. The number of amides is 1. The van der Waals surface area contributed by atoms with Crippen LogP contribution in [0.2, 0.25) is 0 Å². The van der Waals surface area contributed by atoms with Crippen LogP contribution in [-0.2, 0) is 16.6 Å². The highest BCUT2D eigenvalue weighted by atomic mass is 32.2. The van der Waals surface area contributed by atoms with E-state index in [1.165, 1.54) is 13.1 Å². The smallest absolute Gasteiger partial charge is 0.251 e. The lowest BCUT2D eigenvalue weighted by Gasteiger charge is -2.35. The SMILES string of the molecule is CNS(=O)(=O)c1cc(C(=O)NCc2ccccc2)ccc1N1CCN(C)CC1. The Kier molecular flexibility index (Phi) is 6.33. The van der Waals surface area contributed by atoms with Crippen LogP contribution in [-0.4, -0.2) is 59.5 Å². The largest absolute Gasteiger partial charge is 0.368 e. The Balaban J connectivity index is 1.85. The third kappa shape index (κ3) is 4.70. The molecule has 0 radical (unpaired) electrons. The molecule has 0 saturated carbocycles. The molecule has 0 bridgehead atoms. The van der Waals surface area contributed by atoms with Crippen molar-refractivity contribution in [1.82, 2.24) is 14.9 Å². The minimum absolute atomic E-state index is 0.131. The van der Waals surface area contributed by atoms with Crippen molar-refractivity contribution in [2.75, 3.05) is 45.2 Å². The second-order valence-corrected chi connectivity index (χ2v) is 8.70. The molecule has 0 unspecified atom stereocenters. The van der Waals surface area contributed by atoms with E-state index in [0.717, 1.165) is 31.7 Å². The summed E-state index contributed by atoms with van der Waals surface area (Å²) in [6.45, 7) is 3.58. The Morgan fingerprint density at radius 2 is 1.71 bits per heavy atom. The van der Waals surface area contributed by atoms with E-state index < -0.39 is 10.0 Å². The van der Waals surface area contributed by atoms with E-state index >= 15 is 0 Å². The quantitative estimate of drug-likeness (QED) is 0.761. The Morgan fingerprint density at radius 3 is 2.36 bits per heavy atom. The number of anilines is 1. The third-order valence-electron chi connectivity index (χ3n) is 4.92. The van der Waals surface area contributed by atoms with Gasteiger partial charge in [0.2, 0.25) is 10.0 Å². The number of rotatable bonds is 6. The van der Waals surface area contributed by atoms with Gasteiger partial charge in [-0.1, -0.05) is 30.3 Å². The first kappa shape index (κ1) is 20.3. The van der Waals surface area contributed by atoms with Gasteiger partial charge in [-0.3, -0.25) is 4.79 Å². The van der Waals surface area contributed by atoms with Crippen molar-refractivity contribution in [3.63, 3.8) is 0 Å². The van der Waals surface area contributed by atoms with E-state index in [2.05, 4.69) is 19.8 Å². The Bertz CT molecular complexity index is 924. The van der Waals surface area contributed by atoms with Crippen LogP contribution in [0, 0.1) is 0 Å². The van der Waals surface area contributed by atoms with Gasteiger partial charge >= 0.3 is 0 Å². The summed E-state index contributed by atoms with van der Waals surface area (Å²) >= 11 is 0. The second kappa shape index (κ2) is 8.72. The third-order valence-corrected chi connectivity index (χ3v) is 6.36. The first-order valence-electron chi connectivity index (χ1n) is 9.24. The molecule has 0 aliphatic carbocycles. The molecule has 2 N–H and O–H groups in total. The van der Waals surface area contributed by atoms with E-state index in [1.807, 2.05) is 37.4 Å². The van der Waals surface area contributed by atoms with Gasteiger partial charge in [-0.15, -0.1) is 0 Å². The van der Waals surface area contributed by atoms with Gasteiger partial charge < -0.3 is 15.1 Å². The number of benzene rings is 2. The molecule has 1 aliphatic rings. The maximum Gasteiger partial charge on any atom is 0.251 e. The van der Waals surface area contributed by atoms with Crippen LogP contribution in [0.5, 0.6) is 0 Å². The van der Waals surface area contributed by atoms with E-state index in [-0.39, 0.29) is 10.8 Å². The maximum atomic E-state index is 12.6. The van der Waals surface area contributed by atoms with Gasteiger partial charge in [0.1, 0.15) is 4.90 Å². The number of nitrogens with zero attached hydrogens (tertiary/aromatic N) is 2. The fourth-order valence-corrected chi connectivity index (χ4v) is 4.14. The van der Waals surface area contributed by atoms with E-state index in [0.29, 0.717) is 17.8 Å². The van der Waals surface area contributed by atoms with Gasteiger partial charge in [0.05, 0.1) is 5.69 Å². The number of sulfonamides is 1. The predicted octanol–water partition coefficient (Wildman–Crippen LogP) is 1.28.